The predicted molar refractivity (Wildman–Crippen MR) is 67.5 cm³/mol. The average Bonchev–Trinajstić information content (AvgIpc) is 2.75. The highest BCUT2D eigenvalue weighted by Crippen LogP contribution is 2.23. The molecule has 90 valence electrons. The van der Waals surface area contributed by atoms with Gasteiger partial charge in [-0.2, -0.15) is 0 Å². The van der Waals surface area contributed by atoms with Crippen LogP contribution in [0.25, 0.3) is 17.0 Å². The quantitative estimate of drug-likeness (QED) is 0.667. The molecule has 0 saturated heterocycles. The van der Waals surface area contributed by atoms with Crippen molar-refractivity contribution in [1.29, 1.82) is 0 Å². The van der Waals surface area contributed by atoms with Gasteiger partial charge >= 0.3 is 0 Å². The largest absolute Gasteiger partial charge is 0.398 e. The van der Waals surface area contributed by atoms with Gasteiger partial charge in [-0.05, 0) is 18.6 Å². The topological polar surface area (TPSA) is 56.2 Å². The van der Waals surface area contributed by atoms with Crippen molar-refractivity contribution >= 4 is 11.5 Å². The molecule has 0 bridgehead atoms. The summed E-state index contributed by atoms with van der Waals surface area (Å²) in [4.78, 5) is 8.24. The van der Waals surface area contributed by atoms with E-state index < -0.39 is 5.82 Å². The van der Waals surface area contributed by atoms with Gasteiger partial charge in [0.05, 0.1) is 11.9 Å². The number of fused-ring (bicyclic) bond motifs is 1. The van der Waals surface area contributed by atoms with E-state index in [1.54, 1.807) is 10.6 Å². The highest BCUT2D eigenvalue weighted by Gasteiger charge is 2.07. The summed E-state index contributed by atoms with van der Waals surface area (Å²) in [7, 11) is 0. The first-order chi connectivity index (χ1) is 8.63. The van der Waals surface area contributed by atoms with E-state index in [1.807, 2.05) is 25.1 Å². The molecule has 0 spiro atoms. The van der Waals surface area contributed by atoms with Gasteiger partial charge in [-0.25, -0.2) is 14.4 Å². The molecule has 18 heavy (non-hydrogen) atoms. The Balaban J connectivity index is 2.16. The molecular formula is C13H11FN4. The van der Waals surface area contributed by atoms with Gasteiger partial charge in [-0.1, -0.05) is 12.1 Å². The third kappa shape index (κ3) is 1.69. The van der Waals surface area contributed by atoms with Gasteiger partial charge in [0.25, 0.3) is 0 Å². The van der Waals surface area contributed by atoms with Gasteiger partial charge in [0.2, 0.25) is 5.78 Å². The highest BCUT2D eigenvalue weighted by molar-refractivity contribution is 5.67. The number of aromatic nitrogens is 3. The Morgan fingerprint density at radius 3 is 2.89 bits per heavy atom. The fourth-order valence-electron chi connectivity index (χ4n) is 1.80. The molecule has 0 unspecified atom stereocenters. The second-order valence-corrected chi connectivity index (χ2v) is 4.18. The molecule has 0 radical (unpaired) electrons. The summed E-state index contributed by atoms with van der Waals surface area (Å²) in [6.07, 6.45) is 4.22. The van der Waals surface area contributed by atoms with Crippen molar-refractivity contribution < 1.29 is 4.39 Å². The summed E-state index contributed by atoms with van der Waals surface area (Å²) in [6.45, 7) is 1.94. The lowest BCUT2D eigenvalue weighted by atomic mass is 10.1. The third-order valence-corrected chi connectivity index (χ3v) is 2.85. The van der Waals surface area contributed by atoms with E-state index >= 15 is 0 Å². The molecule has 0 atom stereocenters. The number of hydrogen-bond donors (Lipinski definition) is 1. The first kappa shape index (κ1) is 10.7. The van der Waals surface area contributed by atoms with Crippen molar-refractivity contribution in [2.45, 2.75) is 6.92 Å². The smallest absolute Gasteiger partial charge is 0.234 e. The fourth-order valence-corrected chi connectivity index (χ4v) is 1.80. The molecule has 1 aromatic carbocycles. The number of rotatable bonds is 1. The van der Waals surface area contributed by atoms with Crippen LogP contribution in [0.5, 0.6) is 0 Å². The van der Waals surface area contributed by atoms with E-state index in [4.69, 9.17) is 5.73 Å². The van der Waals surface area contributed by atoms with Crippen molar-refractivity contribution in [1.82, 2.24) is 14.4 Å². The zero-order valence-electron chi connectivity index (χ0n) is 9.76. The molecule has 0 aliphatic carbocycles. The number of halogens is 1. The van der Waals surface area contributed by atoms with Crippen LogP contribution in [0.1, 0.15) is 5.56 Å². The lowest BCUT2D eigenvalue weighted by Crippen LogP contribution is -1.89. The molecule has 0 aliphatic heterocycles. The van der Waals surface area contributed by atoms with E-state index in [-0.39, 0.29) is 0 Å². The van der Waals surface area contributed by atoms with Gasteiger partial charge in [0.15, 0.2) is 5.82 Å². The molecule has 3 rings (SSSR count). The second kappa shape index (κ2) is 3.80. The lowest BCUT2D eigenvalue weighted by Gasteiger charge is -2.01. The molecule has 0 fully saturated rings. The molecular weight excluding hydrogens is 231 g/mol. The minimum absolute atomic E-state index is 0.394. The molecule has 0 amide bonds. The van der Waals surface area contributed by atoms with Gasteiger partial charge < -0.3 is 5.73 Å². The van der Waals surface area contributed by atoms with E-state index in [0.29, 0.717) is 11.5 Å². The molecule has 3 aromatic rings. The summed E-state index contributed by atoms with van der Waals surface area (Å²) >= 11 is 0. The zero-order chi connectivity index (χ0) is 12.7. The van der Waals surface area contributed by atoms with Crippen molar-refractivity contribution in [2.75, 3.05) is 5.73 Å². The Morgan fingerprint density at radius 2 is 2.11 bits per heavy atom. The van der Waals surface area contributed by atoms with Crippen molar-refractivity contribution in [2.24, 2.45) is 0 Å². The van der Waals surface area contributed by atoms with Crippen LogP contribution in [0.3, 0.4) is 0 Å². The van der Waals surface area contributed by atoms with Gasteiger partial charge in [-0.3, -0.25) is 4.40 Å². The normalized spacial score (nSPS) is 11.0. The zero-order valence-corrected chi connectivity index (χ0v) is 9.76. The van der Waals surface area contributed by atoms with Crippen LogP contribution < -0.4 is 5.73 Å². The maximum atomic E-state index is 13.0. The predicted octanol–water partition coefficient (Wildman–Crippen LogP) is 2.43. The first-order valence-corrected chi connectivity index (χ1v) is 5.50. The monoisotopic (exact) mass is 242 g/mol. The van der Waals surface area contributed by atoms with E-state index in [2.05, 4.69) is 9.97 Å². The lowest BCUT2D eigenvalue weighted by molar-refractivity contribution is 0.612. The van der Waals surface area contributed by atoms with Crippen molar-refractivity contribution in [3.8, 4) is 11.3 Å². The van der Waals surface area contributed by atoms with Gasteiger partial charge in [0.1, 0.15) is 0 Å². The van der Waals surface area contributed by atoms with Gasteiger partial charge in [-0.15, -0.1) is 0 Å². The number of aryl methyl sites for hydroxylation is 1. The number of imidazole rings is 1. The Hall–Kier alpha value is -2.43. The number of anilines is 1. The second-order valence-electron chi connectivity index (χ2n) is 4.18. The standard InChI is InChI=1S/C13H11FN4/c1-8-2-3-9(4-11(8)15)12-7-18-6-10(14)5-16-13(18)17-12/h2-7H,15H2,1H3. The maximum Gasteiger partial charge on any atom is 0.234 e. The molecule has 2 N–H and O–H groups in total. The number of benzene rings is 1. The number of nitrogen functional groups attached to an aromatic ring is 1. The summed E-state index contributed by atoms with van der Waals surface area (Å²) in [5.74, 6) is 0.0698. The van der Waals surface area contributed by atoms with Crippen LogP contribution in [0, 0.1) is 12.7 Å². The Labute approximate surface area is 103 Å². The minimum Gasteiger partial charge on any atom is -0.398 e. The molecule has 5 heteroatoms. The molecule has 4 nitrogen and oxygen atoms in total. The summed E-state index contributed by atoms with van der Waals surface area (Å²) in [6, 6.07) is 5.72. The Morgan fingerprint density at radius 1 is 1.28 bits per heavy atom. The third-order valence-electron chi connectivity index (χ3n) is 2.85. The van der Waals surface area contributed by atoms with E-state index in [1.165, 1.54) is 6.20 Å². The summed E-state index contributed by atoms with van der Waals surface area (Å²) in [5.41, 5.74) is 9.21. The van der Waals surface area contributed by atoms with Crippen molar-refractivity contribution in [3.63, 3.8) is 0 Å². The van der Waals surface area contributed by atoms with Crippen LogP contribution in [-0.2, 0) is 0 Å². The number of hydrogen-bond acceptors (Lipinski definition) is 3. The number of nitrogens with two attached hydrogens (primary N) is 1. The molecule has 0 aliphatic rings. The Bertz CT molecular complexity index is 733. The van der Waals surface area contributed by atoms with Crippen LogP contribution in [-0.4, -0.2) is 14.4 Å². The highest BCUT2D eigenvalue weighted by atomic mass is 19.1. The minimum atomic E-state index is -0.394. The first-order valence-electron chi connectivity index (χ1n) is 5.50. The van der Waals surface area contributed by atoms with Crippen molar-refractivity contribution in [3.05, 3.63) is 48.2 Å². The van der Waals surface area contributed by atoms with E-state index in [9.17, 15) is 4.39 Å². The molecule has 2 heterocycles. The summed E-state index contributed by atoms with van der Waals surface area (Å²) in [5, 5.41) is 0. The average molecular weight is 242 g/mol. The Kier molecular flexibility index (Phi) is 2.26. The van der Waals surface area contributed by atoms with Gasteiger partial charge in [0, 0.05) is 23.6 Å². The van der Waals surface area contributed by atoms with Crippen LogP contribution in [0.4, 0.5) is 10.1 Å². The summed E-state index contributed by atoms with van der Waals surface area (Å²) < 4.78 is 14.6. The fraction of sp³-hybridized carbons (Fsp3) is 0.0769. The van der Waals surface area contributed by atoms with Crippen LogP contribution in [0.15, 0.2) is 36.8 Å². The number of nitrogens with zero attached hydrogens (tertiary/aromatic N) is 3. The maximum absolute atomic E-state index is 13.0. The molecule has 0 saturated carbocycles. The van der Waals surface area contributed by atoms with Crippen LogP contribution >= 0.6 is 0 Å². The van der Waals surface area contributed by atoms with Crippen LogP contribution in [0.2, 0.25) is 0 Å². The SMILES string of the molecule is Cc1ccc(-c2cn3cc(F)cnc3n2)cc1N. The van der Waals surface area contributed by atoms with E-state index in [0.717, 1.165) is 23.0 Å². The molecule has 2 aromatic heterocycles.